The van der Waals surface area contributed by atoms with Crippen molar-refractivity contribution in [3.63, 3.8) is 0 Å². The van der Waals surface area contributed by atoms with E-state index in [1.165, 1.54) is 24.8 Å². The van der Waals surface area contributed by atoms with Crippen LogP contribution < -0.4 is 19.9 Å². The summed E-state index contributed by atoms with van der Waals surface area (Å²) in [6, 6.07) is 11.7. The average molecular weight is 535 g/mol. The minimum absolute atomic E-state index is 0.107. The molecule has 7 rings (SSSR count). The molecule has 4 aliphatic heterocycles. The van der Waals surface area contributed by atoms with Gasteiger partial charge in [-0.05, 0) is 45.7 Å². The molecule has 200 valence electrons. The number of aromatic hydroxyl groups is 1. The van der Waals surface area contributed by atoms with Gasteiger partial charge in [0.1, 0.15) is 18.2 Å². The number of anilines is 2. The lowest BCUT2D eigenvalue weighted by molar-refractivity contribution is 0.187. The summed E-state index contributed by atoms with van der Waals surface area (Å²) in [7, 11) is 2.17. The lowest BCUT2D eigenvalue weighted by atomic mass is 10.0. The summed E-state index contributed by atoms with van der Waals surface area (Å²) in [4.78, 5) is 17.1. The Kier molecular flexibility index (Phi) is 6.21. The number of likely N-dealkylation sites (tertiary alicyclic amines) is 1. The third kappa shape index (κ3) is 4.32. The molecule has 3 saturated heterocycles. The largest absolute Gasteiger partial charge is 0.506 e. The summed E-state index contributed by atoms with van der Waals surface area (Å²) in [5.41, 5.74) is 3.22. The van der Waals surface area contributed by atoms with Crippen LogP contribution in [0.1, 0.15) is 36.9 Å². The molecule has 0 saturated carbocycles. The summed E-state index contributed by atoms with van der Waals surface area (Å²) in [5.74, 6) is 1.15. The molecule has 4 aliphatic rings. The molecule has 8 nitrogen and oxygen atoms in total. The van der Waals surface area contributed by atoms with Gasteiger partial charge < -0.3 is 29.9 Å². The van der Waals surface area contributed by atoms with E-state index in [1.54, 1.807) is 6.07 Å². The molecule has 9 heteroatoms. The third-order valence-corrected chi connectivity index (χ3v) is 9.29. The molecule has 2 N–H and O–H groups in total. The molecular weight excluding hydrogens is 500 g/mol. The predicted molar refractivity (Wildman–Crippen MR) is 151 cm³/mol. The first kappa shape index (κ1) is 24.2. The number of phenols is 1. The van der Waals surface area contributed by atoms with Gasteiger partial charge in [-0.1, -0.05) is 35.9 Å². The second kappa shape index (κ2) is 9.74. The van der Waals surface area contributed by atoms with Gasteiger partial charge in [-0.3, -0.25) is 0 Å². The second-order valence-electron chi connectivity index (χ2n) is 11.3. The zero-order valence-corrected chi connectivity index (χ0v) is 22.6. The van der Waals surface area contributed by atoms with E-state index in [2.05, 4.69) is 33.1 Å². The molecule has 0 amide bonds. The van der Waals surface area contributed by atoms with Gasteiger partial charge in [0, 0.05) is 65.8 Å². The van der Waals surface area contributed by atoms with Crippen LogP contribution in [-0.2, 0) is 13.0 Å². The van der Waals surface area contributed by atoms with Crippen LogP contribution in [0.25, 0.3) is 10.8 Å². The number of aromatic nitrogens is 2. The minimum atomic E-state index is 0.107. The Labute approximate surface area is 228 Å². The van der Waals surface area contributed by atoms with Gasteiger partial charge in [-0.15, -0.1) is 0 Å². The van der Waals surface area contributed by atoms with Gasteiger partial charge in [0.15, 0.2) is 0 Å². The fourth-order valence-corrected chi connectivity index (χ4v) is 7.04. The van der Waals surface area contributed by atoms with Crippen molar-refractivity contribution in [2.24, 2.45) is 0 Å². The number of rotatable bonds is 5. The minimum Gasteiger partial charge on any atom is -0.506 e. The highest BCUT2D eigenvalue weighted by molar-refractivity contribution is 6.37. The van der Waals surface area contributed by atoms with Crippen LogP contribution in [-0.4, -0.2) is 77.9 Å². The standard InChI is InChI=1S/C29H35ClN6O2/c1-34-11-4-5-20(34)17-38-29-32-24-16-35(25-13-26(37)27(30)22-7-3-2-6-21(22)25)12-10-23(24)28(33-29)36-14-18-8-9-19(15-36)31-18/h2-3,6-7,13,18-20,31,37H,4-5,8-12,14-17H2,1H3/t18?,19?,20-/m0/s1. The number of hydrogen-bond acceptors (Lipinski definition) is 8. The number of nitrogens with one attached hydrogen (secondary N) is 1. The molecule has 0 radical (unpaired) electrons. The number of benzene rings is 2. The lowest BCUT2D eigenvalue weighted by Gasteiger charge is -2.37. The topological polar surface area (TPSA) is 77.0 Å². The molecule has 0 spiro atoms. The summed E-state index contributed by atoms with van der Waals surface area (Å²) in [5, 5.41) is 16.6. The van der Waals surface area contributed by atoms with Crippen LogP contribution in [0.15, 0.2) is 30.3 Å². The van der Waals surface area contributed by atoms with E-state index >= 15 is 0 Å². The highest BCUT2D eigenvalue weighted by atomic mass is 35.5. The number of likely N-dealkylation sites (N-methyl/N-ethyl adjacent to an activating group) is 1. The van der Waals surface area contributed by atoms with Crippen molar-refractivity contribution in [1.29, 1.82) is 0 Å². The van der Waals surface area contributed by atoms with Crippen LogP contribution in [0.4, 0.5) is 11.5 Å². The number of piperazine rings is 1. The average Bonchev–Trinajstić information content (AvgIpc) is 3.51. The van der Waals surface area contributed by atoms with E-state index in [-0.39, 0.29) is 5.75 Å². The van der Waals surface area contributed by atoms with Crippen molar-refractivity contribution in [3.05, 3.63) is 46.6 Å². The van der Waals surface area contributed by atoms with Gasteiger partial charge >= 0.3 is 6.01 Å². The highest BCUT2D eigenvalue weighted by Crippen LogP contribution is 2.41. The summed E-state index contributed by atoms with van der Waals surface area (Å²) >= 11 is 6.45. The number of phenolic OH excluding ortho intramolecular Hbond substituents is 1. The molecule has 2 unspecified atom stereocenters. The lowest BCUT2D eigenvalue weighted by Crippen LogP contribution is -2.52. The molecule has 3 atom stereocenters. The van der Waals surface area contributed by atoms with E-state index in [9.17, 15) is 5.11 Å². The number of nitrogens with zero attached hydrogens (tertiary/aromatic N) is 5. The molecule has 3 fully saturated rings. The van der Waals surface area contributed by atoms with Crippen LogP contribution in [0.2, 0.25) is 5.02 Å². The molecule has 2 bridgehead atoms. The van der Waals surface area contributed by atoms with E-state index in [0.29, 0.717) is 42.3 Å². The second-order valence-corrected chi connectivity index (χ2v) is 11.7. The van der Waals surface area contributed by atoms with Crippen LogP contribution in [0, 0.1) is 0 Å². The molecule has 5 heterocycles. The van der Waals surface area contributed by atoms with Gasteiger partial charge in [0.25, 0.3) is 0 Å². The Bertz CT molecular complexity index is 1360. The predicted octanol–water partition coefficient (Wildman–Crippen LogP) is 3.97. The van der Waals surface area contributed by atoms with Crippen LogP contribution >= 0.6 is 11.6 Å². The number of fused-ring (bicyclic) bond motifs is 4. The van der Waals surface area contributed by atoms with Crippen molar-refractivity contribution >= 4 is 33.9 Å². The fourth-order valence-electron chi connectivity index (χ4n) is 6.82. The van der Waals surface area contributed by atoms with E-state index in [4.69, 9.17) is 26.3 Å². The third-order valence-electron chi connectivity index (χ3n) is 8.89. The Morgan fingerprint density at radius 3 is 2.61 bits per heavy atom. The summed E-state index contributed by atoms with van der Waals surface area (Å²) in [6.45, 7) is 5.13. The molecular formula is C29H35ClN6O2. The zero-order chi connectivity index (χ0) is 25.8. The molecule has 38 heavy (non-hydrogen) atoms. The summed E-state index contributed by atoms with van der Waals surface area (Å²) in [6.07, 6.45) is 5.66. The Morgan fingerprint density at radius 2 is 1.84 bits per heavy atom. The Morgan fingerprint density at radius 1 is 1.05 bits per heavy atom. The van der Waals surface area contributed by atoms with Crippen LogP contribution in [0.3, 0.4) is 0 Å². The van der Waals surface area contributed by atoms with Crippen molar-refractivity contribution in [2.45, 2.75) is 56.8 Å². The number of ether oxygens (including phenoxy) is 1. The smallest absolute Gasteiger partial charge is 0.318 e. The van der Waals surface area contributed by atoms with Crippen molar-refractivity contribution < 1.29 is 9.84 Å². The SMILES string of the molecule is CN1CCC[C@H]1COc1nc2c(c(N3CC4CCC(C3)N4)n1)CCN(c1cc(O)c(Cl)c3ccccc13)C2. The Hall–Kier alpha value is -2.81. The fraction of sp³-hybridized carbons (Fsp3) is 0.517. The molecule has 3 aromatic rings. The quantitative estimate of drug-likeness (QED) is 0.509. The van der Waals surface area contributed by atoms with Gasteiger partial charge in [-0.25, -0.2) is 0 Å². The maximum absolute atomic E-state index is 10.6. The molecule has 1 aromatic heterocycles. The molecule has 0 aliphatic carbocycles. The van der Waals surface area contributed by atoms with Gasteiger partial charge in [0.2, 0.25) is 0 Å². The zero-order valence-electron chi connectivity index (χ0n) is 21.9. The molecule has 2 aromatic carbocycles. The normalized spacial score (nSPS) is 25.3. The first-order valence-electron chi connectivity index (χ1n) is 13.9. The number of hydrogen-bond donors (Lipinski definition) is 2. The first-order valence-corrected chi connectivity index (χ1v) is 14.3. The van der Waals surface area contributed by atoms with E-state index < -0.39 is 0 Å². The number of halogens is 1. The maximum atomic E-state index is 10.6. The Balaban J connectivity index is 1.24. The van der Waals surface area contributed by atoms with Gasteiger partial charge in [0.05, 0.1) is 17.3 Å². The van der Waals surface area contributed by atoms with Crippen molar-refractivity contribution in [3.8, 4) is 11.8 Å². The maximum Gasteiger partial charge on any atom is 0.318 e. The monoisotopic (exact) mass is 534 g/mol. The van der Waals surface area contributed by atoms with Crippen molar-refractivity contribution in [1.82, 2.24) is 20.2 Å². The van der Waals surface area contributed by atoms with Crippen LogP contribution in [0.5, 0.6) is 11.8 Å². The van der Waals surface area contributed by atoms with E-state index in [1.807, 2.05) is 18.2 Å². The van der Waals surface area contributed by atoms with E-state index in [0.717, 1.165) is 67.0 Å². The van der Waals surface area contributed by atoms with Crippen molar-refractivity contribution in [2.75, 3.05) is 49.6 Å². The first-order chi connectivity index (χ1) is 18.5. The highest BCUT2D eigenvalue weighted by Gasteiger charge is 2.35. The van der Waals surface area contributed by atoms with Gasteiger partial charge in [-0.2, -0.15) is 9.97 Å². The summed E-state index contributed by atoms with van der Waals surface area (Å²) < 4.78 is 6.29.